The van der Waals surface area contributed by atoms with E-state index in [1.807, 2.05) is 6.08 Å². The zero-order valence-electron chi connectivity index (χ0n) is 22.9. The Hall–Kier alpha value is -4.25. The largest absolute Gasteiger partial charge is 0.478 e. The molecule has 0 radical (unpaired) electrons. The molecule has 2 N–H and O–H groups in total. The van der Waals surface area contributed by atoms with Crippen molar-refractivity contribution in [1.82, 2.24) is 9.80 Å². The Bertz CT molecular complexity index is 1260. The lowest BCUT2D eigenvalue weighted by Gasteiger charge is -2.34. The van der Waals surface area contributed by atoms with Crippen LogP contribution in [0.5, 0.6) is 0 Å². The summed E-state index contributed by atoms with van der Waals surface area (Å²) in [5.74, 6) is -3.34. The molecular formula is C32H33F3N2O5. The Labute approximate surface area is 242 Å². The fraction of sp³-hybridized carbons (Fsp3) is 0.250. The van der Waals surface area contributed by atoms with Crippen LogP contribution in [0.4, 0.5) is 13.2 Å². The van der Waals surface area contributed by atoms with Gasteiger partial charge in [0.1, 0.15) is 23.6 Å². The van der Waals surface area contributed by atoms with Crippen molar-refractivity contribution >= 4 is 18.0 Å². The van der Waals surface area contributed by atoms with Crippen LogP contribution in [0.3, 0.4) is 0 Å². The highest BCUT2D eigenvalue weighted by atomic mass is 19.1. The number of hydrogen-bond acceptors (Lipinski definition) is 5. The van der Waals surface area contributed by atoms with Crippen molar-refractivity contribution in [2.75, 3.05) is 45.9 Å². The monoisotopic (exact) mass is 582 g/mol. The van der Waals surface area contributed by atoms with Crippen LogP contribution in [0.1, 0.15) is 22.8 Å². The predicted octanol–water partition coefficient (Wildman–Crippen LogP) is 5.25. The minimum absolute atomic E-state index is 0.223. The molecule has 1 fully saturated rings. The highest BCUT2D eigenvalue weighted by Crippen LogP contribution is 2.26. The van der Waals surface area contributed by atoms with Crippen LogP contribution < -0.4 is 0 Å². The molecule has 42 heavy (non-hydrogen) atoms. The highest BCUT2D eigenvalue weighted by molar-refractivity contribution is 5.89. The van der Waals surface area contributed by atoms with Crippen molar-refractivity contribution in [3.05, 3.63) is 125 Å². The molecule has 222 valence electrons. The Balaban J connectivity index is 0.000000531. The second kappa shape index (κ2) is 16.9. The number of carboxylic acid groups (broad SMARTS) is 2. The first-order valence-corrected chi connectivity index (χ1v) is 13.3. The Kier molecular flexibility index (Phi) is 13.0. The molecule has 4 rings (SSSR count). The van der Waals surface area contributed by atoms with Gasteiger partial charge in [0.2, 0.25) is 0 Å². The summed E-state index contributed by atoms with van der Waals surface area (Å²) in [6.45, 7) is 6.00. The Morgan fingerprint density at radius 2 is 1.14 bits per heavy atom. The minimum Gasteiger partial charge on any atom is -0.478 e. The third-order valence-corrected chi connectivity index (χ3v) is 6.41. The molecule has 3 aromatic carbocycles. The lowest BCUT2D eigenvalue weighted by Crippen LogP contribution is -2.47. The Morgan fingerprint density at radius 1 is 0.714 bits per heavy atom. The average molecular weight is 583 g/mol. The van der Waals surface area contributed by atoms with Gasteiger partial charge in [0, 0.05) is 51.4 Å². The van der Waals surface area contributed by atoms with E-state index in [-0.39, 0.29) is 23.6 Å². The first kappa shape index (κ1) is 32.3. The van der Waals surface area contributed by atoms with Gasteiger partial charge in [-0.15, -0.1) is 0 Å². The van der Waals surface area contributed by atoms with Gasteiger partial charge in [-0.25, -0.2) is 22.8 Å². The molecule has 0 atom stereocenters. The van der Waals surface area contributed by atoms with Crippen LogP contribution in [-0.4, -0.2) is 77.8 Å². The fourth-order valence-corrected chi connectivity index (χ4v) is 4.21. The summed E-state index contributed by atoms with van der Waals surface area (Å²) in [4.78, 5) is 23.9. The van der Waals surface area contributed by atoms with Gasteiger partial charge in [0.15, 0.2) is 0 Å². The number of hydrogen-bond donors (Lipinski definition) is 2. The average Bonchev–Trinajstić information content (AvgIpc) is 2.98. The van der Waals surface area contributed by atoms with Crippen molar-refractivity contribution in [2.24, 2.45) is 0 Å². The van der Waals surface area contributed by atoms with E-state index in [9.17, 15) is 22.8 Å². The molecule has 0 saturated carbocycles. The maximum absolute atomic E-state index is 13.4. The molecule has 10 heteroatoms. The summed E-state index contributed by atoms with van der Waals surface area (Å²) < 4.78 is 46.0. The number of carbonyl (C=O) groups is 2. The molecule has 3 aromatic rings. The maximum atomic E-state index is 13.4. The van der Waals surface area contributed by atoms with E-state index in [4.69, 9.17) is 14.9 Å². The number of carboxylic acids is 2. The number of halogens is 3. The first-order chi connectivity index (χ1) is 20.2. The van der Waals surface area contributed by atoms with Gasteiger partial charge in [-0.3, -0.25) is 9.80 Å². The zero-order chi connectivity index (χ0) is 30.3. The number of aliphatic carboxylic acids is 2. The highest BCUT2D eigenvalue weighted by Gasteiger charge is 2.18. The first-order valence-electron chi connectivity index (χ1n) is 13.3. The SMILES string of the molecule is Fc1ccc(C=CCN2CCN(CCOC(c3ccc(F)cc3)c3ccc(F)cc3)CC2)cc1.O=C(O)C=CC(=O)O. The summed E-state index contributed by atoms with van der Waals surface area (Å²) in [5.41, 5.74) is 2.67. The normalized spacial score (nSPS) is 14.3. The number of ether oxygens (including phenoxy) is 1. The van der Waals surface area contributed by atoms with Gasteiger partial charge < -0.3 is 14.9 Å². The number of rotatable bonds is 11. The van der Waals surface area contributed by atoms with Crippen molar-refractivity contribution in [3.8, 4) is 0 Å². The van der Waals surface area contributed by atoms with Crippen LogP contribution in [0.15, 0.2) is 91.0 Å². The van der Waals surface area contributed by atoms with Crippen LogP contribution in [0.25, 0.3) is 6.08 Å². The molecule has 0 spiro atoms. The number of benzene rings is 3. The van der Waals surface area contributed by atoms with Gasteiger partial charge in [-0.1, -0.05) is 48.6 Å². The number of nitrogens with zero attached hydrogens (tertiary/aromatic N) is 2. The topological polar surface area (TPSA) is 90.3 Å². The maximum Gasteiger partial charge on any atom is 0.328 e. The van der Waals surface area contributed by atoms with E-state index in [1.54, 1.807) is 36.4 Å². The van der Waals surface area contributed by atoms with Crippen LogP contribution in [0.2, 0.25) is 0 Å². The molecule has 1 heterocycles. The number of piperazine rings is 1. The molecular weight excluding hydrogens is 549 g/mol. The Morgan fingerprint density at radius 3 is 1.60 bits per heavy atom. The summed E-state index contributed by atoms with van der Waals surface area (Å²) in [7, 11) is 0. The molecule has 0 aromatic heterocycles. The molecule has 7 nitrogen and oxygen atoms in total. The third-order valence-electron chi connectivity index (χ3n) is 6.41. The fourth-order valence-electron chi connectivity index (χ4n) is 4.21. The molecule has 0 unspecified atom stereocenters. The van der Waals surface area contributed by atoms with E-state index in [0.29, 0.717) is 18.8 Å². The lowest BCUT2D eigenvalue weighted by molar-refractivity contribution is -0.134. The second-order valence-corrected chi connectivity index (χ2v) is 9.46. The zero-order valence-corrected chi connectivity index (χ0v) is 22.9. The quantitative estimate of drug-likeness (QED) is 0.299. The van der Waals surface area contributed by atoms with E-state index in [2.05, 4.69) is 15.9 Å². The van der Waals surface area contributed by atoms with Gasteiger partial charge in [-0.05, 0) is 53.1 Å². The van der Waals surface area contributed by atoms with Crippen LogP contribution in [-0.2, 0) is 14.3 Å². The second-order valence-electron chi connectivity index (χ2n) is 9.46. The minimum atomic E-state index is -1.26. The summed E-state index contributed by atoms with van der Waals surface area (Å²) in [5, 5.41) is 15.6. The van der Waals surface area contributed by atoms with E-state index in [1.165, 1.54) is 36.4 Å². The lowest BCUT2D eigenvalue weighted by atomic mass is 10.0. The molecule has 1 aliphatic rings. The molecule has 1 saturated heterocycles. The molecule has 1 aliphatic heterocycles. The van der Waals surface area contributed by atoms with E-state index < -0.39 is 11.9 Å². The molecule has 0 amide bonds. The standard InChI is InChI=1S/C28H29F3N2O.C4H4O4/c29-25-9-3-22(4-10-25)2-1-15-32-16-18-33(19-17-32)20-21-34-28(23-5-11-26(30)12-6-23)24-7-13-27(31)14-8-24;5-3(6)1-2-4(7)8/h1-14,28H,15-21H2;1-2H,(H,5,6)(H,7,8). The third kappa shape index (κ3) is 11.7. The van der Waals surface area contributed by atoms with E-state index in [0.717, 1.165) is 56.0 Å². The molecule has 0 aliphatic carbocycles. The van der Waals surface area contributed by atoms with Crippen LogP contribution >= 0.6 is 0 Å². The summed E-state index contributed by atoms with van der Waals surface area (Å²) in [6, 6.07) is 19.0. The van der Waals surface area contributed by atoms with Crippen molar-refractivity contribution in [3.63, 3.8) is 0 Å². The van der Waals surface area contributed by atoms with Crippen molar-refractivity contribution in [2.45, 2.75) is 6.10 Å². The van der Waals surface area contributed by atoms with Gasteiger partial charge in [0.05, 0.1) is 6.61 Å². The smallest absolute Gasteiger partial charge is 0.328 e. The van der Waals surface area contributed by atoms with Crippen molar-refractivity contribution < 1.29 is 37.7 Å². The van der Waals surface area contributed by atoms with Crippen LogP contribution in [0, 0.1) is 17.5 Å². The van der Waals surface area contributed by atoms with Gasteiger partial charge in [0.25, 0.3) is 0 Å². The summed E-state index contributed by atoms with van der Waals surface area (Å²) in [6.07, 6.45) is 4.87. The summed E-state index contributed by atoms with van der Waals surface area (Å²) >= 11 is 0. The van der Waals surface area contributed by atoms with E-state index >= 15 is 0 Å². The predicted molar refractivity (Wildman–Crippen MR) is 153 cm³/mol. The van der Waals surface area contributed by atoms with Gasteiger partial charge >= 0.3 is 11.9 Å². The molecule has 0 bridgehead atoms. The van der Waals surface area contributed by atoms with Crippen molar-refractivity contribution in [1.29, 1.82) is 0 Å². The van der Waals surface area contributed by atoms with Gasteiger partial charge in [-0.2, -0.15) is 0 Å².